The molecule has 0 heterocycles. The van der Waals surface area contributed by atoms with Gasteiger partial charge in [0.05, 0.1) is 0 Å². The van der Waals surface area contributed by atoms with E-state index in [2.05, 4.69) is 5.32 Å². The molecule has 0 fully saturated rings. The van der Waals surface area contributed by atoms with E-state index in [1.807, 2.05) is 76.2 Å². The zero-order valence-electron chi connectivity index (χ0n) is 21.8. The van der Waals surface area contributed by atoms with Crippen LogP contribution >= 0.6 is 23.2 Å². The average molecular weight is 542 g/mol. The van der Waals surface area contributed by atoms with Gasteiger partial charge in [-0.15, -0.1) is 0 Å². The van der Waals surface area contributed by atoms with Crippen LogP contribution in [0.15, 0.2) is 66.7 Å². The van der Waals surface area contributed by atoms with Crippen molar-refractivity contribution in [1.29, 1.82) is 0 Å². The van der Waals surface area contributed by atoms with Gasteiger partial charge in [-0.25, -0.2) is 0 Å². The minimum absolute atomic E-state index is 0.0339. The Hall–Kier alpha value is -3.02. The highest BCUT2D eigenvalue weighted by Gasteiger charge is 2.31. The second-order valence-corrected chi connectivity index (χ2v) is 10.2. The van der Waals surface area contributed by atoms with Gasteiger partial charge in [-0.1, -0.05) is 72.6 Å². The lowest BCUT2D eigenvalue weighted by Gasteiger charge is -2.32. The summed E-state index contributed by atoms with van der Waals surface area (Å²) >= 11 is 12.6. The van der Waals surface area contributed by atoms with Gasteiger partial charge in [-0.2, -0.15) is 0 Å². The SMILES string of the molecule is CC[C@H](C)NC(=O)[C@H](Cc1ccccc1)N(Cc1ccc(Cl)cc1Cl)C(=O)COc1cc(C)cc(C)c1. The van der Waals surface area contributed by atoms with Gasteiger partial charge in [-0.05, 0) is 73.7 Å². The van der Waals surface area contributed by atoms with Crippen molar-refractivity contribution in [3.05, 3.63) is 99.0 Å². The number of rotatable bonds is 11. The Morgan fingerprint density at radius 2 is 1.65 bits per heavy atom. The topological polar surface area (TPSA) is 58.6 Å². The van der Waals surface area contributed by atoms with E-state index in [1.165, 1.54) is 0 Å². The number of nitrogens with zero attached hydrogens (tertiary/aromatic N) is 1. The molecule has 5 nitrogen and oxygen atoms in total. The average Bonchev–Trinajstić information content (AvgIpc) is 2.85. The first-order chi connectivity index (χ1) is 17.7. The smallest absolute Gasteiger partial charge is 0.261 e. The summed E-state index contributed by atoms with van der Waals surface area (Å²) < 4.78 is 5.90. The summed E-state index contributed by atoms with van der Waals surface area (Å²) in [6.07, 6.45) is 1.13. The van der Waals surface area contributed by atoms with Crippen molar-refractivity contribution >= 4 is 35.0 Å². The van der Waals surface area contributed by atoms with Gasteiger partial charge in [0.2, 0.25) is 5.91 Å². The molecular formula is C30H34Cl2N2O3. The van der Waals surface area contributed by atoms with E-state index in [0.717, 1.165) is 23.1 Å². The van der Waals surface area contributed by atoms with E-state index >= 15 is 0 Å². The molecule has 0 aliphatic rings. The number of halogens is 2. The minimum Gasteiger partial charge on any atom is -0.484 e. The van der Waals surface area contributed by atoms with Crippen molar-refractivity contribution in [2.75, 3.05) is 6.61 Å². The normalized spacial score (nSPS) is 12.5. The Morgan fingerprint density at radius 3 is 2.27 bits per heavy atom. The maximum Gasteiger partial charge on any atom is 0.261 e. The zero-order chi connectivity index (χ0) is 26.9. The van der Waals surface area contributed by atoms with Crippen LogP contribution in [0.5, 0.6) is 5.75 Å². The van der Waals surface area contributed by atoms with Crippen molar-refractivity contribution in [3.8, 4) is 5.75 Å². The fourth-order valence-corrected chi connectivity index (χ4v) is 4.54. The second-order valence-electron chi connectivity index (χ2n) is 9.39. The minimum atomic E-state index is -0.765. The van der Waals surface area contributed by atoms with Gasteiger partial charge in [-0.3, -0.25) is 9.59 Å². The maximum absolute atomic E-state index is 13.7. The summed E-state index contributed by atoms with van der Waals surface area (Å²) in [5, 5.41) is 3.99. The van der Waals surface area contributed by atoms with Crippen molar-refractivity contribution in [3.63, 3.8) is 0 Å². The van der Waals surface area contributed by atoms with E-state index in [0.29, 0.717) is 27.8 Å². The number of nitrogens with one attached hydrogen (secondary N) is 1. The number of ether oxygens (including phenoxy) is 1. The highest BCUT2D eigenvalue weighted by molar-refractivity contribution is 6.35. The van der Waals surface area contributed by atoms with Crippen LogP contribution in [-0.4, -0.2) is 35.4 Å². The lowest BCUT2D eigenvalue weighted by Crippen LogP contribution is -2.53. The van der Waals surface area contributed by atoms with Gasteiger partial charge in [0.15, 0.2) is 6.61 Å². The molecule has 0 saturated carbocycles. The van der Waals surface area contributed by atoms with Crippen LogP contribution in [0, 0.1) is 13.8 Å². The van der Waals surface area contributed by atoms with E-state index in [4.69, 9.17) is 27.9 Å². The molecule has 37 heavy (non-hydrogen) atoms. The summed E-state index contributed by atoms with van der Waals surface area (Å²) in [5.74, 6) is 0.0763. The van der Waals surface area contributed by atoms with Crippen LogP contribution in [0.25, 0.3) is 0 Å². The third kappa shape index (κ3) is 8.51. The number of benzene rings is 3. The third-order valence-electron chi connectivity index (χ3n) is 6.19. The van der Waals surface area contributed by atoms with Crippen LogP contribution in [-0.2, 0) is 22.6 Å². The Bertz CT molecular complexity index is 1200. The Balaban J connectivity index is 1.95. The van der Waals surface area contributed by atoms with Crippen LogP contribution in [0.4, 0.5) is 0 Å². The molecule has 2 atom stereocenters. The number of hydrogen-bond donors (Lipinski definition) is 1. The number of hydrogen-bond acceptors (Lipinski definition) is 3. The van der Waals surface area contributed by atoms with Crippen molar-refractivity contribution < 1.29 is 14.3 Å². The number of amides is 2. The summed E-state index contributed by atoms with van der Waals surface area (Å²) in [6.45, 7) is 7.83. The first-order valence-electron chi connectivity index (χ1n) is 12.4. The standard InChI is InChI=1S/C30H34Cl2N2O3/c1-5-22(4)33-30(36)28(16-23-9-7-6-8-10-23)34(18-24-11-12-25(31)17-27(24)32)29(35)19-37-26-14-20(2)13-21(3)15-26/h6-15,17,22,28H,5,16,18-19H2,1-4H3,(H,33,36)/t22-,28-/m0/s1. The summed E-state index contributed by atoms with van der Waals surface area (Å²) in [7, 11) is 0. The zero-order valence-corrected chi connectivity index (χ0v) is 23.3. The fourth-order valence-electron chi connectivity index (χ4n) is 4.07. The van der Waals surface area contributed by atoms with Gasteiger partial charge in [0.25, 0.3) is 5.91 Å². The molecule has 1 N–H and O–H groups in total. The molecule has 3 aromatic carbocycles. The predicted molar refractivity (Wildman–Crippen MR) is 150 cm³/mol. The maximum atomic E-state index is 13.7. The quantitative estimate of drug-likeness (QED) is 0.300. The molecule has 2 amide bonds. The lowest BCUT2D eigenvalue weighted by atomic mass is 10.0. The molecule has 3 rings (SSSR count). The number of carbonyl (C=O) groups excluding carboxylic acids is 2. The molecule has 7 heteroatoms. The van der Waals surface area contributed by atoms with Gasteiger partial charge in [0.1, 0.15) is 11.8 Å². The van der Waals surface area contributed by atoms with E-state index in [9.17, 15) is 9.59 Å². The largest absolute Gasteiger partial charge is 0.484 e. The van der Waals surface area contributed by atoms with Crippen molar-refractivity contribution in [2.45, 2.75) is 59.2 Å². The lowest BCUT2D eigenvalue weighted by molar-refractivity contribution is -0.143. The van der Waals surface area contributed by atoms with E-state index in [-0.39, 0.29) is 31.0 Å². The Kier molecular flexibility index (Phi) is 10.4. The Morgan fingerprint density at radius 1 is 0.973 bits per heavy atom. The molecule has 0 unspecified atom stereocenters. The van der Waals surface area contributed by atoms with Crippen LogP contribution in [0.1, 0.15) is 42.5 Å². The van der Waals surface area contributed by atoms with Gasteiger partial charge in [0, 0.05) is 29.1 Å². The Labute approximate surface area is 229 Å². The van der Waals surface area contributed by atoms with Crippen molar-refractivity contribution in [2.24, 2.45) is 0 Å². The summed E-state index contributed by atoms with van der Waals surface area (Å²) in [4.78, 5) is 28.8. The molecule has 0 spiro atoms. The summed E-state index contributed by atoms with van der Waals surface area (Å²) in [5.41, 5.74) is 3.73. The van der Waals surface area contributed by atoms with E-state index in [1.54, 1.807) is 23.1 Å². The first kappa shape index (κ1) is 28.5. The second kappa shape index (κ2) is 13.5. The third-order valence-corrected chi connectivity index (χ3v) is 6.77. The van der Waals surface area contributed by atoms with Crippen LogP contribution < -0.4 is 10.1 Å². The molecule has 0 saturated heterocycles. The van der Waals surface area contributed by atoms with Gasteiger partial charge >= 0.3 is 0 Å². The number of carbonyl (C=O) groups is 2. The number of aryl methyl sites for hydroxylation is 2. The molecule has 196 valence electrons. The molecule has 0 radical (unpaired) electrons. The highest BCUT2D eigenvalue weighted by Crippen LogP contribution is 2.24. The highest BCUT2D eigenvalue weighted by atomic mass is 35.5. The molecule has 0 bridgehead atoms. The molecular weight excluding hydrogens is 507 g/mol. The first-order valence-corrected chi connectivity index (χ1v) is 13.2. The summed E-state index contributed by atoms with van der Waals surface area (Å²) in [6, 6.07) is 19.8. The molecule has 0 aliphatic heterocycles. The predicted octanol–water partition coefficient (Wildman–Crippen LogP) is 6.54. The van der Waals surface area contributed by atoms with E-state index < -0.39 is 6.04 Å². The molecule has 3 aromatic rings. The monoisotopic (exact) mass is 540 g/mol. The van der Waals surface area contributed by atoms with Crippen LogP contribution in [0.3, 0.4) is 0 Å². The molecule has 0 aromatic heterocycles. The van der Waals surface area contributed by atoms with Crippen LogP contribution in [0.2, 0.25) is 10.0 Å². The fraction of sp³-hybridized carbons (Fsp3) is 0.333. The van der Waals surface area contributed by atoms with Crippen molar-refractivity contribution in [1.82, 2.24) is 10.2 Å². The van der Waals surface area contributed by atoms with Gasteiger partial charge < -0.3 is 15.0 Å². The molecule has 0 aliphatic carbocycles.